The Kier molecular flexibility index (Phi) is 34.7. The molecule has 0 aliphatic heterocycles. The first-order valence-corrected chi connectivity index (χ1v) is 26.1. The molecule has 0 aromatic rings. The molecule has 74 heavy (non-hydrogen) atoms. The first-order chi connectivity index (χ1) is 34.8. The van der Waals surface area contributed by atoms with Crippen LogP contribution in [-0.2, 0) is 52.7 Å². The van der Waals surface area contributed by atoms with Gasteiger partial charge in [0.25, 0.3) is 0 Å². The van der Waals surface area contributed by atoms with E-state index in [9.17, 15) is 73.2 Å². The highest BCUT2D eigenvalue weighted by molar-refractivity contribution is 5.99. The Morgan fingerprint density at radius 2 is 0.811 bits per heavy atom. The van der Waals surface area contributed by atoms with E-state index in [2.05, 4.69) is 44.1 Å². The number of nitrogens with zero attached hydrogens (tertiary/aromatic N) is 1. The van der Waals surface area contributed by atoms with Crippen molar-refractivity contribution in [2.75, 3.05) is 20.3 Å². The van der Waals surface area contributed by atoms with Crippen molar-refractivity contribution >= 4 is 65.1 Å². The van der Waals surface area contributed by atoms with Crippen LogP contribution in [0.1, 0.15) is 170 Å². The maximum absolute atomic E-state index is 14.1. The van der Waals surface area contributed by atoms with E-state index in [1.165, 1.54) is 14.0 Å². The third kappa shape index (κ3) is 28.5. The van der Waals surface area contributed by atoms with E-state index in [0.29, 0.717) is 25.7 Å². The lowest BCUT2D eigenvalue weighted by atomic mass is 10.00. The second-order valence-corrected chi connectivity index (χ2v) is 19.8. The highest BCUT2D eigenvalue weighted by atomic mass is 16.4. The van der Waals surface area contributed by atoms with Gasteiger partial charge in [0, 0.05) is 14.0 Å². The number of carbonyl (C=O) groups is 11. The standard InChI is InChI=1S/C50H89N9O15/c1-9-11-13-15-17-19-21-33(52-32(7)62)44(68)57-38(28-60)48(72)54-35(24-23-30(3)4)46(70)58-39(29-61)50(74)59(8)40(25-31(5)6)49(73)56-37(27-42(65)66)47(71)53-34(22-20-18-16-14-12-10-2)45(69)55-36(43(51)67)26-41(63)64/h30-31,33-40,60-61H,9-29H2,1-8H3,(H2,51,67)(H,52,62)(H,53,71)(H,54,72)(H,55,69)(H,56,73)(H,57,68)(H,58,70)(H,63,64)(H,65,66)/t33-,34-,35-,36-,37-,38-,39-,40-/m0/s1. The number of rotatable bonds is 41. The number of hydrogen-bond donors (Lipinski definition) is 12. The van der Waals surface area contributed by atoms with E-state index >= 15 is 0 Å². The zero-order valence-electron chi connectivity index (χ0n) is 44.9. The molecular formula is C50H89N9O15. The average molecular weight is 1060 g/mol. The average Bonchev–Trinajstić information content (AvgIpc) is 3.32. The minimum Gasteiger partial charge on any atom is -0.481 e. The molecule has 0 saturated heterocycles. The molecule has 0 spiro atoms. The zero-order chi connectivity index (χ0) is 56.5. The Morgan fingerprint density at radius 3 is 1.23 bits per heavy atom. The largest absolute Gasteiger partial charge is 0.481 e. The molecule has 0 fully saturated rings. The van der Waals surface area contributed by atoms with Crippen molar-refractivity contribution in [3.05, 3.63) is 0 Å². The monoisotopic (exact) mass is 1060 g/mol. The summed E-state index contributed by atoms with van der Waals surface area (Å²) in [6, 6.07) is -12.0. The van der Waals surface area contributed by atoms with Gasteiger partial charge in [-0.25, -0.2) is 0 Å². The fourth-order valence-corrected chi connectivity index (χ4v) is 7.89. The number of aliphatic carboxylic acids is 2. The summed E-state index contributed by atoms with van der Waals surface area (Å²) in [5.74, 6) is -11.6. The van der Waals surface area contributed by atoms with Gasteiger partial charge >= 0.3 is 11.9 Å². The number of unbranched alkanes of at least 4 members (excludes halogenated alkanes) is 10. The van der Waals surface area contributed by atoms with Crippen LogP contribution in [0.15, 0.2) is 0 Å². The predicted octanol–water partition coefficient (Wildman–Crippen LogP) is 0.630. The molecule has 0 unspecified atom stereocenters. The summed E-state index contributed by atoms with van der Waals surface area (Å²) in [7, 11) is 1.19. The number of carbonyl (C=O) groups excluding carboxylic acids is 9. The van der Waals surface area contributed by atoms with Gasteiger partial charge in [0.15, 0.2) is 0 Å². The highest BCUT2D eigenvalue weighted by Gasteiger charge is 2.38. The number of nitrogens with one attached hydrogen (secondary N) is 7. The summed E-state index contributed by atoms with van der Waals surface area (Å²) in [5.41, 5.74) is 5.32. The number of nitrogens with two attached hydrogens (primary N) is 1. The fraction of sp³-hybridized carbons (Fsp3) is 0.780. The lowest BCUT2D eigenvalue weighted by molar-refractivity contribution is -0.145. The summed E-state index contributed by atoms with van der Waals surface area (Å²) >= 11 is 0. The maximum Gasteiger partial charge on any atom is 0.305 e. The van der Waals surface area contributed by atoms with Crippen LogP contribution in [0.25, 0.3) is 0 Å². The van der Waals surface area contributed by atoms with Crippen molar-refractivity contribution < 1.29 is 73.2 Å². The van der Waals surface area contributed by atoms with Gasteiger partial charge < -0.3 is 68.3 Å². The maximum atomic E-state index is 14.1. The third-order valence-electron chi connectivity index (χ3n) is 12.2. The van der Waals surface area contributed by atoms with Crippen LogP contribution in [0, 0.1) is 11.8 Å². The number of primary amides is 1. The van der Waals surface area contributed by atoms with Crippen molar-refractivity contribution in [1.29, 1.82) is 0 Å². The van der Waals surface area contributed by atoms with Crippen LogP contribution >= 0.6 is 0 Å². The van der Waals surface area contributed by atoms with Crippen LogP contribution in [0.5, 0.6) is 0 Å². The first kappa shape index (κ1) is 68.1. The van der Waals surface area contributed by atoms with Crippen LogP contribution in [0.2, 0.25) is 0 Å². The fourth-order valence-electron chi connectivity index (χ4n) is 7.89. The van der Waals surface area contributed by atoms with Crippen LogP contribution in [-0.4, -0.2) is 159 Å². The van der Waals surface area contributed by atoms with Gasteiger partial charge in [-0.2, -0.15) is 0 Å². The van der Waals surface area contributed by atoms with E-state index in [-0.39, 0.29) is 37.5 Å². The lowest BCUT2D eigenvalue weighted by Crippen LogP contribution is -2.61. The summed E-state index contributed by atoms with van der Waals surface area (Å²) in [6.07, 6.45) is 8.92. The normalized spacial score (nSPS) is 14.4. The minimum absolute atomic E-state index is 0.0109. The topological polar surface area (TPSA) is 382 Å². The number of amides is 9. The molecule has 0 aromatic carbocycles. The zero-order valence-corrected chi connectivity index (χ0v) is 44.9. The number of aliphatic hydroxyl groups excluding tert-OH is 2. The summed E-state index contributed by atoms with van der Waals surface area (Å²) in [5, 5.41) is 56.7. The van der Waals surface area contributed by atoms with Crippen molar-refractivity contribution in [3.8, 4) is 0 Å². The third-order valence-corrected chi connectivity index (χ3v) is 12.2. The Morgan fingerprint density at radius 1 is 0.446 bits per heavy atom. The molecule has 0 saturated carbocycles. The molecule has 0 bridgehead atoms. The number of carboxylic acids is 2. The predicted molar refractivity (Wildman–Crippen MR) is 273 cm³/mol. The Balaban J connectivity index is 6.51. The van der Waals surface area contributed by atoms with Crippen molar-refractivity contribution in [2.45, 2.75) is 219 Å². The SMILES string of the molecule is CCCCCCCC[C@H](NC(C)=O)C(=O)N[C@@H](CO)C(=O)N[C@@H](CCC(C)C)C(=O)N[C@@H](CO)C(=O)N(C)[C@@H](CC(C)C)C(=O)N[C@@H](CC(=O)O)C(=O)N[C@@H](CCCCCCCC)C(=O)N[C@@H](CC(=O)O)C(N)=O. The molecule has 0 rings (SSSR count). The highest BCUT2D eigenvalue weighted by Crippen LogP contribution is 2.16. The van der Waals surface area contributed by atoms with Gasteiger partial charge in [0.1, 0.15) is 48.3 Å². The van der Waals surface area contributed by atoms with Gasteiger partial charge in [0.05, 0.1) is 26.1 Å². The number of carboxylic acid groups (broad SMARTS) is 2. The van der Waals surface area contributed by atoms with E-state index in [4.69, 9.17) is 5.73 Å². The van der Waals surface area contributed by atoms with Gasteiger partial charge in [-0.1, -0.05) is 119 Å². The van der Waals surface area contributed by atoms with Gasteiger partial charge in [-0.15, -0.1) is 0 Å². The second kappa shape index (κ2) is 37.8. The molecule has 0 aliphatic carbocycles. The lowest BCUT2D eigenvalue weighted by Gasteiger charge is -2.33. The molecule has 0 heterocycles. The van der Waals surface area contributed by atoms with Crippen molar-refractivity contribution in [2.24, 2.45) is 17.6 Å². The molecular weight excluding hydrogens is 967 g/mol. The van der Waals surface area contributed by atoms with E-state index in [1.807, 2.05) is 20.8 Å². The minimum atomic E-state index is -1.84. The summed E-state index contributed by atoms with van der Waals surface area (Å²) < 4.78 is 0. The first-order valence-electron chi connectivity index (χ1n) is 26.1. The molecule has 0 radical (unpaired) electrons. The molecule has 0 aliphatic rings. The van der Waals surface area contributed by atoms with E-state index in [1.54, 1.807) is 13.8 Å². The van der Waals surface area contributed by atoms with Crippen LogP contribution < -0.4 is 43.0 Å². The van der Waals surface area contributed by atoms with Gasteiger partial charge in [0.2, 0.25) is 53.2 Å². The second-order valence-electron chi connectivity index (χ2n) is 19.8. The Bertz CT molecular complexity index is 1820. The molecule has 24 nitrogen and oxygen atoms in total. The smallest absolute Gasteiger partial charge is 0.305 e. The van der Waals surface area contributed by atoms with Gasteiger partial charge in [-0.3, -0.25) is 52.7 Å². The quantitative estimate of drug-likeness (QED) is 0.0374. The number of aliphatic hydroxyl groups is 2. The molecule has 9 amide bonds. The molecule has 13 N–H and O–H groups in total. The van der Waals surface area contributed by atoms with Crippen LogP contribution in [0.4, 0.5) is 0 Å². The Hall–Kier alpha value is -5.91. The summed E-state index contributed by atoms with van der Waals surface area (Å²) in [4.78, 5) is 145. The molecule has 424 valence electrons. The Labute approximate surface area is 436 Å². The van der Waals surface area contributed by atoms with Crippen LogP contribution in [0.3, 0.4) is 0 Å². The van der Waals surface area contributed by atoms with Crippen molar-refractivity contribution in [1.82, 2.24) is 42.1 Å². The van der Waals surface area contributed by atoms with E-state index in [0.717, 1.165) is 62.7 Å². The number of likely N-dealkylation sites (N-methyl/N-ethyl adjacent to an activating group) is 1. The molecule has 24 heteroatoms. The van der Waals surface area contributed by atoms with Crippen molar-refractivity contribution in [3.63, 3.8) is 0 Å². The summed E-state index contributed by atoms with van der Waals surface area (Å²) in [6.45, 7) is 10.6. The number of hydrogen-bond acceptors (Lipinski definition) is 13. The molecule has 0 aromatic heterocycles. The van der Waals surface area contributed by atoms with E-state index < -0.39 is 139 Å². The van der Waals surface area contributed by atoms with Gasteiger partial charge in [-0.05, 0) is 43.9 Å². The molecule has 8 atom stereocenters.